The molecule has 1 unspecified atom stereocenters. The Hall–Kier alpha value is -2.84. The van der Waals surface area contributed by atoms with Crippen molar-refractivity contribution >= 4 is 16.7 Å². The van der Waals surface area contributed by atoms with E-state index in [1.807, 2.05) is 12.1 Å². The van der Waals surface area contributed by atoms with Crippen LogP contribution in [-0.2, 0) is 16.1 Å². The molecule has 3 aromatic rings. The van der Waals surface area contributed by atoms with Gasteiger partial charge < -0.3 is 15.8 Å². The zero-order valence-electron chi connectivity index (χ0n) is 16.5. The Bertz CT molecular complexity index is 980. The van der Waals surface area contributed by atoms with Crippen LogP contribution in [0.15, 0.2) is 42.5 Å². The topological polar surface area (TPSA) is 108 Å². The van der Waals surface area contributed by atoms with Crippen molar-refractivity contribution in [3.8, 4) is 0 Å². The van der Waals surface area contributed by atoms with Gasteiger partial charge in [0.2, 0.25) is 0 Å². The number of nitrogens with two attached hydrogens (primary N) is 1. The second kappa shape index (κ2) is 8.67. The van der Waals surface area contributed by atoms with Crippen LogP contribution in [0.25, 0.3) is 10.8 Å². The van der Waals surface area contributed by atoms with Gasteiger partial charge in [0.1, 0.15) is 6.54 Å². The van der Waals surface area contributed by atoms with Gasteiger partial charge in [0, 0.05) is 12.1 Å². The number of hydrogen-bond acceptors (Lipinski definition) is 7. The van der Waals surface area contributed by atoms with Gasteiger partial charge in [-0.2, -0.15) is 0 Å². The number of fused-ring (bicyclic) bond motifs is 1. The summed E-state index contributed by atoms with van der Waals surface area (Å²) >= 11 is 0. The molecule has 29 heavy (non-hydrogen) atoms. The fourth-order valence-electron chi connectivity index (χ4n) is 3.95. The van der Waals surface area contributed by atoms with Crippen LogP contribution in [0, 0.1) is 0 Å². The molecule has 1 saturated carbocycles. The molecule has 0 spiro atoms. The molecule has 0 aliphatic heterocycles. The summed E-state index contributed by atoms with van der Waals surface area (Å²) in [6.45, 7) is -0.0276. The Balaban J connectivity index is 1.69. The van der Waals surface area contributed by atoms with Gasteiger partial charge in [0.15, 0.2) is 5.82 Å². The Labute approximate surface area is 169 Å². The van der Waals surface area contributed by atoms with Crippen LogP contribution in [0.2, 0.25) is 0 Å². The van der Waals surface area contributed by atoms with Crippen LogP contribution in [0.3, 0.4) is 0 Å². The predicted octanol–water partition coefficient (Wildman–Crippen LogP) is 1.95. The van der Waals surface area contributed by atoms with E-state index >= 15 is 0 Å². The molecule has 0 bridgehead atoms. The second-order valence-corrected chi connectivity index (χ2v) is 7.59. The fraction of sp³-hybridized carbons (Fsp3) is 0.429. The summed E-state index contributed by atoms with van der Waals surface area (Å²) in [5.41, 5.74) is 7.13. The van der Waals surface area contributed by atoms with Crippen LogP contribution in [0.1, 0.15) is 43.1 Å². The third kappa shape index (κ3) is 4.44. The highest BCUT2D eigenvalue weighted by Gasteiger charge is 2.27. The average Bonchev–Trinajstić information content (AvgIpc) is 3.20. The molecular weight excluding hydrogens is 368 g/mol. The highest BCUT2D eigenvalue weighted by Crippen LogP contribution is 2.27. The Morgan fingerprint density at radius 2 is 1.97 bits per heavy atom. The molecule has 1 aliphatic rings. The van der Waals surface area contributed by atoms with Crippen molar-refractivity contribution in [3.05, 3.63) is 53.9 Å². The van der Waals surface area contributed by atoms with E-state index in [-0.39, 0.29) is 24.6 Å². The summed E-state index contributed by atoms with van der Waals surface area (Å²) in [5, 5.41) is 18.1. The lowest BCUT2D eigenvalue weighted by Gasteiger charge is -2.30. The van der Waals surface area contributed by atoms with E-state index in [0.29, 0.717) is 11.9 Å². The number of benzene rings is 2. The molecule has 1 heterocycles. The first-order valence-electron chi connectivity index (χ1n) is 9.97. The maximum Gasteiger partial charge on any atom is 0.327 e. The van der Waals surface area contributed by atoms with Crippen molar-refractivity contribution in [1.29, 1.82) is 0 Å². The lowest BCUT2D eigenvalue weighted by atomic mass is 9.90. The van der Waals surface area contributed by atoms with Gasteiger partial charge in [-0.3, -0.25) is 4.79 Å². The van der Waals surface area contributed by atoms with Crippen molar-refractivity contribution in [3.63, 3.8) is 0 Å². The van der Waals surface area contributed by atoms with Gasteiger partial charge in [-0.15, -0.1) is 5.10 Å². The molecule has 3 N–H and O–H groups in total. The first kappa shape index (κ1) is 19.5. The molecule has 2 aromatic carbocycles. The fourth-order valence-corrected chi connectivity index (χ4v) is 3.95. The number of hydrogen-bond donors (Lipinski definition) is 2. The Kier molecular flexibility index (Phi) is 5.82. The standard InChI is InChI=1S/C21H26N6O2/c1-29-19(28)13-27-21(24-25-26-27)20(23-18-10-8-17(22)9-11-18)16-7-6-14-4-2-3-5-15(14)12-16/h2-7,12,17-18,20,23H,8-11,13,22H2,1H3. The zero-order valence-corrected chi connectivity index (χ0v) is 16.5. The van der Waals surface area contributed by atoms with E-state index in [1.165, 1.54) is 17.2 Å². The molecule has 152 valence electrons. The van der Waals surface area contributed by atoms with Gasteiger partial charge in [-0.05, 0) is 58.5 Å². The van der Waals surface area contributed by atoms with Crippen LogP contribution < -0.4 is 11.1 Å². The molecule has 0 radical (unpaired) electrons. The SMILES string of the molecule is COC(=O)Cn1nnnc1C(NC1CCC(N)CC1)c1ccc2ccccc2c1. The number of ether oxygens (including phenoxy) is 1. The monoisotopic (exact) mass is 394 g/mol. The highest BCUT2D eigenvalue weighted by molar-refractivity contribution is 5.83. The van der Waals surface area contributed by atoms with Crippen LogP contribution in [-0.4, -0.2) is 45.4 Å². The maximum absolute atomic E-state index is 11.8. The molecular formula is C21H26N6O2. The van der Waals surface area contributed by atoms with Gasteiger partial charge in [0.05, 0.1) is 13.2 Å². The number of carbonyl (C=O) groups excluding carboxylic acids is 1. The number of esters is 1. The largest absolute Gasteiger partial charge is 0.468 e. The van der Waals surface area contributed by atoms with Crippen molar-refractivity contribution < 1.29 is 9.53 Å². The number of nitrogens with one attached hydrogen (secondary N) is 1. The molecule has 4 rings (SSSR count). The predicted molar refractivity (Wildman–Crippen MR) is 109 cm³/mol. The third-order valence-corrected chi connectivity index (χ3v) is 5.61. The summed E-state index contributed by atoms with van der Waals surface area (Å²) in [6, 6.07) is 14.9. The number of carbonyl (C=O) groups is 1. The highest BCUT2D eigenvalue weighted by atomic mass is 16.5. The van der Waals surface area contributed by atoms with E-state index in [2.05, 4.69) is 51.2 Å². The molecule has 1 aliphatic carbocycles. The van der Waals surface area contributed by atoms with Crippen LogP contribution in [0.4, 0.5) is 0 Å². The number of tetrazole rings is 1. The minimum absolute atomic E-state index is 0.0276. The smallest absolute Gasteiger partial charge is 0.327 e. The summed E-state index contributed by atoms with van der Waals surface area (Å²) < 4.78 is 6.30. The number of rotatable bonds is 6. The Morgan fingerprint density at radius 3 is 2.72 bits per heavy atom. The average molecular weight is 394 g/mol. The van der Waals surface area contributed by atoms with Crippen molar-refractivity contribution in [2.24, 2.45) is 5.73 Å². The van der Waals surface area contributed by atoms with E-state index in [9.17, 15) is 4.79 Å². The molecule has 8 heteroatoms. The van der Waals surface area contributed by atoms with E-state index in [1.54, 1.807) is 0 Å². The summed E-state index contributed by atoms with van der Waals surface area (Å²) in [4.78, 5) is 11.8. The first-order chi connectivity index (χ1) is 14.1. The lowest BCUT2D eigenvalue weighted by molar-refractivity contribution is -0.141. The van der Waals surface area contributed by atoms with Gasteiger partial charge in [0.25, 0.3) is 0 Å². The normalized spacial score (nSPS) is 20.5. The molecule has 1 fully saturated rings. The molecule has 0 amide bonds. The number of aromatic nitrogens is 4. The Morgan fingerprint density at radius 1 is 1.21 bits per heavy atom. The van der Waals surface area contributed by atoms with Gasteiger partial charge in [-0.1, -0.05) is 36.4 Å². The van der Waals surface area contributed by atoms with Crippen LogP contribution in [0.5, 0.6) is 0 Å². The maximum atomic E-state index is 11.8. The molecule has 1 atom stereocenters. The summed E-state index contributed by atoms with van der Waals surface area (Å²) in [5.74, 6) is 0.208. The van der Waals surface area contributed by atoms with E-state index < -0.39 is 0 Å². The summed E-state index contributed by atoms with van der Waals surface area (Å²) in [7, 11) is 1.36. The van der Waals surface area contributed by atoms with Crippen molar-refractivity contribution in [1.82, 2.24) is 25.5 Å². The first-order valence-corrected chi connectivity index (χ1v) is 9.97. The second-order valence-electron chi connectivity index (χ2n) is 7.59. The number of nitrogens with zero attached hydrogens (tertiary/aromatic N) is 4. The molecule has 8 nitrogen and oxygen atoms in total. The van der Waals surface area contributed by atoms with E-state index in [4.69, 9.17) is 10.5 Å². The third-order valence-electron chi connectivity index (χ3n) is 5.61. The molecule has 0 saturated heterocycles. The quantitative estimate of drug-likeness (QED) is 0.615. The minimum Gasteiger partial charge on any atom is -0.468 e. The molecule has 1 aromatic heterocycles. The summed E-state index contributed by atoms with van der Waals surface area (Å²) in [6.07, 6.45) is 4.00. The van der Waals surface area contributed by atoms with Gasteiger partial charge >= 0.3 is 5.97 Å². The van der Waals surface area contributed by atoms with Gasteiger partial charge in [-0.25, -0.2) is 4.68 Å². The zero-order chi connectivity index (χ0) is 20.2. The van der Waals surface area contributed by atoms with Crippen LogP contribution >= 0.6 is 0 Å². The van der Waals surface area contributed by atoms with Crippen molar-refractivity contribution in [2.75, 3.05) is 7.11 Å². The van der Waals surface area contributed by atoms with Crippen molar-refractivity contribution in [2.45, 2.75) is 50.4 Å². The number of methoxy groups -OCH3 is 1. The minimum atomic E-state index is -0.389. The van der Waals surface area contributed by atoms with E-state index in [0.717, 1.165) is 36.6 Å². The lowest BCUT2D eigenvalue weighted by Crippen LogP contribution is -2.40.